The summed E-state index contributed by atoms with van der Waals surface area (Å²) in [7, 11) is 0. The lowest BCUT2D eigenvalue weighted by Gasteiger charge is -2.18. The Morgan fingerprint density at radius 3 is 0.671 bits per heavy atom. The molecule has 0 aliphatic carbocycles. The third kappa shape index (κ3) is 62.7. The quantitative estimate of drug-likeness (QED) is 0.0261. The van der Waals surface area contributed by atoms with E-state index in [2.05, 4.69) is 45.1 Å². The van der Waals surface area contributed by atoms with Crippen LogP contribution in [0.15, 0.2) is 24.3 Å². The van der Waals surface area contributed by atoms with E-state index in [1.807, 2.05) is 0 Å². The first-order valence-corrected chi connectivity index (χ1v) is 34.3. The minimum Gasteiger partial charge on any atom is -0.462 e. The summed E-state index contributed by atoms with van der Waals surface area (Å²) in [4.78, 5) is 38.3. The Hall–Kier alpha value is -2.11. The van der Waals surface area contributed by atoms with E-state index in [4.69, 9.17) is 14.2 Å². The number of carbonyl (C=O) groups is 3. The predicted octanol–water partition coefficient (Wildman–Crippen LogP) is 23.4. The van der Waals surface area contributed by atoms with Crippen LogP contribution in [-0.2, 0) is 28.6 Å². The van der Waals surface area contributed by atoms with Crippen LogP contribution in [0.25, 0.3) is 0 Å². The van der Waals surface area contributed by atoms with Crippen molar-refractivity contribution in [2.45, 2.75) is 393 Å². The van der Waals surface area contributed by atoms with E-state index >= 15 is 0 Å². The van der Waals surface area contributed by atoms with Gasteiger partial charge in [0.25, 0.3) is 0 Å². The highest BCUT2D eigenvalue weighted by atomic mass is 16.6. The largest absolute Gasteiger partial charge is 0.462 e. The van der Waals surface area contributed by atoms with Crippen LogP contribution in [0.4, 0.5) is 0 Å². The number of allylic oxidation sites excluding steroid dienone is 4. The van der Waals surface area contributed by atoms with Crippen molar-refractivity contribution in [2.24, 2.45) is 0 Å². The smallest absolute Gasteiger partial charge is 0.306 e. The lowest BCUT2D eigenvalue weighted by atomic mass is 10.0. The second-order valence-corrected chi connectivity index (χ2v) is 23.4. The highest BCUT2D eigenvalue weighted by molar-refractivity contribution is 5.71. The Morgan fingerprint density at radius 1 is 0.250 bits per heavy atom. The minimum absolute atomic E-state index is 0.0676. The molecule has 6 heteroatoms. The standard InChI is InChI=1S/C70H132O6/c1-4-7-10-13-16-19-22-25-27-28-29-30-31-32-33-34-35-36-37-38-39-40-41-42-43-46-48-51-54-57-60-63-69(72)75-66-67(65-74-68(71)62-59-56-53-50-47-44-24-21-18-15-12-9-6-3)76-70(73)64-61-58-55-52-49-45-26-23-20-17-14-11-8-5-2/h21,24,28-29,67H,4-20,22-23,25-27,30-66H2,1-3H3/b24-21-,29-28-. The Labute approximate surface area is 474 Å². The molecule has 1 unspecified atom stereocenters. The Kier molecular flexibility index (Phi) is 63.6. The van der Waals surface area contributed by atoms with Crippen LogP contribution in [0.3, 0.4) is 0 Å². The van der Waals surface area contributed by atoms with Gasteiger partial charge in [-0.25, -0.2) is 0 Å². The van der Waals surface area contributed by atoms with Gasteiger partial charge in [-0.1, -0.05) is 321 Å². The van der Waals surface area contributed by atoms with Gasteiger partial charge < -0.3 is 14.2 Å². The summed E-state index contributed by atoms with van der Waals surface area (Å²) in [6, 6.07) is 0. The maximum atomic E-state index is 12.9. The van der Waals surface area contributed by atoms with Crippen molar-refractivity contribution in [3.63, 3.8) is 0 Å². The molecule has 0 N–H and O–H groups in total. The summed E-state index contributed by atoms with van der Waals surface area (Å²) >= 11 is 0. The summed E-state index contributed by atoms with van der Waals surface area (Å²) in [5.74, 6) is -0.849. The number of esters is 3. The first-order chi connectivity index (χ1) is 37.5. The molecule has 0 heterocycles. The highest BCUT2D eigenvalue weighted by Crippen LogP contribution is 2.18. The van der Waals surface area contributed by atoms with E-state index in [0.717, 1.165) is 64.2 Å². The maximum Gasteiger partial charge on any atom is 0.306 e. The van der Waals surface area contributed by atoms with Crippen LogP contribution in [0.2, 0.25) is 0 Å². The third-order valence-corrected chi connectivity index (χ3v) is 15.7. The summed E-state index contributed by atoms with van der Waals surface area (Å²) in [5.41, 5.74) is 0. The van der Waals surface area contributed by atoms with E-state index < -0.39 is 6.10 Å². The second-order valence-electron chi connectivity index (χ2n) is 23.4. The molecule has 0 aliphatic heterocycles. The zero-order valence-corrected chi connectivity index (χ0v) is 51.6. The predicted molar refractivity (Wildman–Crippen MR) is 330 cm³/mol. The molecule has 0 aliphatic rings. The molecular formula is C70H132O6. The molecule has 0 spiro atoms. The molecule has 0 saturated heterocycles. The number of hydrogen-bond donors (Lipinski definition) is 0. The highest BCUT2D eigenvalue weighted by Gasteiger charge is 2.19. The molecule has 76 heavy (non-hydrogen) atoms. The lowest BCUT2D eigenvalue weighted by molar-refractivity contribution is -0.167. The SMILES string of the molecule is CCCCCC/C=C\CCCCCCCC(=O)OCC(COC(=O)CCCCCCCCCCCCCCCCCCCCC/C=C\CCCCCCCCCC)OC(=O)CCCCCCCCCCCCCCCC. The average Bonchev–Trinajstić information content (AvgIpc) is 3.42. The van der Waals surface area contributed by atoms with Gasteiger partial charge in [0.05, 0.1) is 0 Å². The minimum atomic E-state index is -0.770. The number of hydrogen-bond acceptors (Lipinski definition) is 6. The van der Waals surface area contributed by atoms with Crippen molar-refractivity contribution >= 4 is 17.9 Å². The van der Waals surface area contributed by atoms with E-state index in [1.165, 1.54) is 283 Å². The first kappa shape index (κ1) is 73.9. The van der Waals surface area contributed by atoms with Gasteiger partial charge in [0.2, 0.25) is 0 Å². The number of rotatable bonds is 64. The molecule has 0 aromatic heterocycles. The van der Waals surface area contributed by atoms with Gasteiger partial charge in [0.15, 0.2) is 6.10 Å². The van der Waals surface area contributed by atoms with Crippen molar-refractivity contribution < 1.29 is 28.6 Å². The third-order valence-electron chi connectivity index (χ3n) is 15.7. The molecule has 448 valence electrons. The summed E-state index contributed by atoms with van der Waals surface area (Å²) in [6.07, 6.45) is 79.3. The zero-order chi connectivity index (χ0) is 55.0. The van der Waals surface area contributed by atoms with Gasteiger partial charge >= 0.3 is 17.9 Å². The van der Waals surface area contributed by atoms with Gasteiger partial charge in [0, 0.05) is 19.3 Å². The molecule has 0 bridgehead atoms. The zero-order valence-electron chi connectivity index (χ0n) is 51.6. The van der Waals surface area contributed by atoms with Crippen molar-refractivity contribution in [3.05, 3.63) is 24.3 Å². The molecule has 0 saturated carbocycles. The van der Waals surface area contributed by atoms with Gasteiger partial charge in [-0.05, 0) is 70.6 Å². The molecule has 0 amide bonds. The van der Waals surface area contributed by atoms with Crippen molar-refractivity contribution in [3.8, 4) is 0 Å². The van der Waals surface area contributed by atoms with E-state index in [-0.39, 0.29) is 31.1 Å². The molecule has 6 nitrogen and oxygen atoms in total. The Bertz CT molecular complexity index is 1230. The fraction of sp³-hybridized carbons (Fsp3) is 0.900. The van der Waals surface area contributed by atoms with Crippen LogP contribution in [0.1, 0.15) is 387 Å². The van der Waals surface area contributed by atoms with Gasteiger partial charge in [-0.3, -0.25) is 14.4 Å². The number of unbranched alkanes of at least 4 members (excludes halogenated alkanes) is 49. The van der Waals surface area contributed by atoms with E-state index in [0.29, 0.717) is 19.3 Å². The normalized spacial score (nSPS) is 12.1. The molecule has 0 radical (unpaired) electrons. The fourth-order valence-electron chi connectivity index (χ4n) is 10.5. The van der Waals surface area contributed by atoms with Crippen molar-refractivity contribution in [1.29, 1.82) is 0 Å². The molecule has 1 atom stereocenters. The van der Waals surface area contributed by atoms with Crippen LogP contribution in [0.5, 0.6) is 0 Å². The van der Waals surface area contributed by atoms with Gasteiger partial charge in [-0.2, -0.15) is 0 Å². The molecule has 0 aromatic rings. The summed E-state index contributed by atoms with van der Waals surface area (Å²) in [5, 5.41) is 0. The fourth-order valence-corrected chi connectivity index (χ4v) is 10.5. The molecule has 0 rings (SSSR count). The Balaban J connectivity index is 4.09. The summed E-state index contributed by atoms with van der Waals surface area (Å²) in [6.45, 7) is 6.68. The Morgan fingerprint density at radius 2 is 0.434 bits per heavy atom. The lowest BCUT2D eigenvalue weighted by Crippen LogP contribution is -2.30. The molecule has 0 fully saturated rings. The van der Waals surface area contributed by atoms with Crippen molar-refractivity contribution in [2.75, 3.05) is 13.2 Å². The number of ether oxygens (including phenoxy) is 3. The van der Waals surface area contributed by atoms with Gasteiger partial charge in [-0.15, -0.1) is 0 Å². The molecule has 0 aromatic carbocycles. The van der Waals surface area contributed by atoms with Crippen LogP contribution >= 0.6 is 0 Å². The topological polar surface area (TPSA) is 78.9 Å². The van der Waals surface area contributed by atoms with Crippen molar-refractivity contribution in [1.82, 2.24) is 0 Å². The number of carbonyl (C=O) groups excluding carboxylic acids is 3. The first-order valence-electron chi connectivity index (χ1n) is 34.3. The van der Waals surface area contributed by atoms with E-state index in [9.17, 15) is 14.4 Å². The monoisotopic (exact) mass is 1070 g/mol. The van der Waals surface area contributed by atoms with Crippen LogP contribution < -0.4 is 0 Å². The van der Waals surface area contributed by atoms with Crippen LogP contribution in [-0.4, -0.2) is 37.2 Å². The average molecular weight is 1070 g/mol. The van der Waals surface area contributed by atoms with E-state index in [1.54, 1.807) is 0 Å². The van der Waals surface area contributed by atoms with Gasteiger partial charge in [0.1, 0.15) is 13.2 Å². The second kappa shape index (κ2) is 65.4. The molecular weight excluding hydrogens is 937 g/mol. The van der Waals surface area contributed by atoms with Crippen LogP contribution in [0, 0.1) is 0 Å². The summed E-state index contributed by atoms with van der Waals surface area (Å²) < 4.78 is 16.9. The maximum absolute atomic E-state index is 12.9.